The number of rotatable bonds is 6. The molecule has 1 N–H and O–H groups in total. The van der Waals surface area contributed by atoms with Crippen molar-refractivity contribution in [2.75, 3.05) is 19.0 Å². The van der Waals surface area contributed by atoms with Gasteiger partial charge in [-0.3, -0.25) is 4.79 Å². The second-order valence-corrected chi connectivity index (χ2v) is 5.21. The lowest BCUT2D eigenvalue weighted by Crippen LogP contribution is -2.21. The molecule has 0 fully saturated rings. The van der Waals surface area contributed by atoms with Gasteiger partial charge in [0.25, 0.3) is 5.56 Å². The van der Waals surface area contributed by atoms with E-state index in [1.165, 1.54) is 6.07 Å². The van der Waals surface area contributed by atoms with E-state index in [4.69, 9.17) is 10.00 Å². The molecular weight excluding hydrogens is 274 g/mol. The van der Waals surface area contributed by atoms with E-state index in [9.17, 15) is 4.79 Å². The second-order valence-electron chi connectivity index (χ2n) is 4.21. The summed E-state index contributed by atoms with van der Waals surface area (Å²) in [6.07, 6.45) is 1.78. The van der Waals surface area contributed by atoms with E-state index in [2.05, 4.69) is 11.4 Å². The first-order chi connectivity index (χ1) is 9.72. The predicted octanol–water partition coefficient (Wildman–Crippen LogP) is 2.04. The van der Waals surface area contributed by atoms with Crippen LogP contribution in [-0.4, -0.2) is 18.3 Å². The molecule has 0 saturated heterocycles. The molecule has 0 amide bonds. The van der Waals surface area contributed by atoms with E-state index in [-0.39, 0.29) is 5.56 Å². The van der Waals surface area contributed by atoms with Gasteiger partial charge in [-0.2, -0.15) is 5.26 Å². The molecular formula is C14H15N3O2S. The third kappa shape index (κ3) is 3.70. The summed E-state index contributed by atoms with van der Waals surface area (Å²) in [6.45, 7) is 1.66. The van der Waals surface area contributed by atoms with Gasteiger partial charge >= 0.3 is 0 Å². The fourth-order valence-corrected chi connectivity index (χ4v) is 2.47. The van der Waals surface area contributed by atoms with Crippen LogP contribution in [0.25, 0.3) is 0 Å². The van der Waals surface area contributed by atoms with Crippen LogP contribution in [0.5, 0.6) is 0 Å². The summed E-state index contributed by atoms with van der Waals surface area (Å²) in [5.74, 6) is 0. The number of hydrogen-bond acceptors (Lipinski definition) is 5. The second kappa shape index (κ2) is 6.89. The molecule has 0 aromatic carbocycles. The summed E-state index contributed by atoms with van der Waals surface area (Å²) in [5, 5.41) is 13.8. The minimum Gasteiger partial charge on any atom is -0.383 e. The highest BCUT2D eigenvalue weighted by atomic mass is 32.1. The van der Waals surface area contributed by atoms with Gasteiger partial charge in [0.2, 0.25) is 0 Å². The van der Waals surface area contributed by atoms with Crippen LogP contribution in [0, 0.1) is 11.3 Å². The summed E-state index contributed by atoms with van der Waals surface area (Å²) in [4.78, 5) is 12.7. The predicted molar refractivity (Wildman–Crippen MR) is 78.9 cm³/mol. The molecule has 0 aliphatic carbocycles. The summed E-state index contributed by atoms with van der Waals surface area (Å²) in [7, 11) is 1.61. The largest absolute Gasteiger partial charge is 0.383 e. The Morgan fingerprint density at radius 2 is 2.35 bits per heavy atom. The zero-order valence-corrected chi connectivity index (χ0v) is 11.9. The number of thiophene rings is 1. The molecule has 0 spiro atoms. The molecule has 104 valence electrons. The van der Waals surface area contributed by atoms with Crippen molar-refractivity contribution >= 4 is 17.0 Å². The standard InChI is InChI=1S/C14H15N3O2S/c1-19-5-4-17-9-12(2-3-14(17)18)16-8-13-6-11(7-15)10-20-13/h2-3,6,9-10,16H,4-5,8H2,1H3. The fourth-order valence-electron chi connectivity index (χ4n) is 1.72. The molecule has 6 heteroatoms. The van der Waals surface area contributed by atoms with Crippen molar-refractivity contribution in [2.24, 2.45) is 0 Å². The Bertz CT molecular complexity index is 670. The van der Waals surface area contributed by atoms with E-state index < -0.39 is 0 Å². The zero-order chi connectivity index (χ0) is 14.4. The first-order valence-electron chi connectivity index (χ1n) is 6.14. The maximum atomic E-state index is 11.6. The molecule has 0 saturated carbocycles. The van der Waals surface area contributed by atoms with Crippen molar-refractivity contribution in [3.05, 3.63) is 50.6 Å². The number of nitriles is 1. The van der Waals surface area contributed by atoms with Crippen LogP contribution >= 0.6 is 11.3 Å². The van der Waals surface area contributed by atoms with Gasteiger partial charge in [0.1, 0.15) is 6.07 Å². The van der Waals surface area contributed by atoms with Crippen molar-refractivity contribution in [3.8, 4) is 6.07 Å². The Morgan fingerprint density at radius 1 is 1.50 bits per heavy atom. The molecule has 5 nitrogen and oxygen atoms in total. The average molecular weight is 289 g/mol. The highest BCUT2D eigenvalue weighted by Crippen LogP contribution is 2.15. The van der Waals surface area contributed by atoms with Gasteiger partial charge in [-0.15, -0.1) is 11.3 Å². The first-order valence-corrected chi connectivity index (χ1v) is 7.01. The number of ether oxygens (including phenoxy) is 1. The summed E-state index contributed by atoms with van der Waals surface area (Å²) >= 11 is 1.54. The average Bonchev–Trinajstić information content (AvgIpc) is 2.93. The van der Waals surface area contributed by atoms with E-state index in [0.717, 1.165) is 10.6 Å². The Labute approximate surface area is 121 Å². The highest BCUT2D eigenvalue weighted by molar-refractivity contribution is 7.10. The molecule has 2 rings (SSSR count). The molecule has 0 aliphatic heterocycles. The van der Waals surface area contributed by atoms with Gasteiger partial charge in [-0.05, 0) is 12.1 Å². The van der Waals surface area contributed by atoms with Crippen LogP contribution in [0.2, 0.25) is 0 Å². The summed E-state index contributed by atoms with van der Waals surface area (Å²) < 4.78 is 6.59. The molecule has 0 unspecified atom stereocenters. The highest BCUT2D eigenvalue weighted by Gasteiger charge is 2.01. The van der Waals surface area contributed by atoms with Crippen LogP contribution in [0.1, 0.15) is 10.4 Å². The van der Waals surface area contributed by atoms with Crippen molar-refractivity contribution in [2.45, 2.75) is 13.1 Å². The van der Waals surface area contributed by atoms with Gasteiger partial charge < -0.3 is 14.6 Å². The van der Waals surface area contributed by atoms with Crippen LogP contribution < -0.4 is 10.9 Å². The topological polar surface area (TPSA) is 67.0 Å². The number of hydrogen-bond donors (Lipinski definition) is 1. The lowest BCUT2D eigenvalue weighted by atomic mass is 10.3. The fraction of sp³-hybridized carbons (Fsp3) is 0.286. The van der Waals surface area contributed by atoms with E-state index in [1.54, 1.807) is 35.3 Å². The van der Waals surface area contributed by atoms with Gasteiger partial charge in [0, 0.05) is 42.7 Å². The van der Waals surface area contributed by atoms with Crippen molar-refractivity contribution in [1.29, 1.82) is 5.26 Å². The monoisotopic (exact) mass is 289 g/mol. The number of anilines is 1. The SMILES string of the molecule is COCCn1cc(NCc2cc(C#N)cs2)ccc1=O. The van der Waals surface area contributed by atoms with Crippen molar-refractivity contribution in [3.63, 3.8) is 0 Å². The summed E-state index contributed by atoms with van der Waals surface area (Å²) in [5.41, 5.74) is 1.50. The minimum atomic E-state index is -0.0458. The van der Waals surface area contributed by atoms with Crippen molar-refractivity contribution < 1.29 is 4.74 Å². The van der Waals surface area contributed by atoms with Crippen LogP contribution in [0.4, 0.5) is 5.69 Å². The minimum absolute atomic E-state index is 0.0458. The molecule has 0 aliphatic rings. The third-order valence-electron chi connectivity index (χ3n) is 2.77. The molecule has 2 heterocycles. The Balaban J connectivity index is 2.02. The number of methoxy groups -OCH3 is 1. The Hall–Kier alpha value is -2.10. The molecule has 0 radical (unpaired) electrons. The van der Waals surface area contributed by atoms with Gasteiger partial charge in [0.15, 0.2) is 0 Å². The van der Waals surface area contributed by atoms with E-state index in [0.29, 0.717) is 25.3 Å². The molecule has 20 heavy (non-hydrogen) atoms. The summed E-state index contributed by atoms with van der Waals surface area (Å²) in [6, 6.07) is 7.26. The maximum Gasteiger partial charge on any atom is 0.250 e. The number of nitrogens with one attached hydrogen (secondary N) is 1. The van der Waals surface area contributed by atoms with Gasteiger partial charge in [-0.1, -0.05) is 0 Å². The molecule has 0 bridgehead atoms. The smallest absolute Gasteiger partial charge is 0.250 e. The van der Waals surface area contributed by atoms with Crippen LogP contribution in [0.15, 0.2) is 34.6 Å². The number of aromatic nitrogens is 1. The normalized spacial score (nSPS) is 10.2. The first kappa shape index (κ1) is 14.3. The molecule has 0 atom stereocenters. The molecule has 2 aromatic heterocycles. The number of nitrogens with zero attached hydrogens (tertiary/aromatic N) is 2. The molecule has 2 aromatic rings. The van der Waals surface area contributed by atoms with Crippen LogP contribution in [0.3, 0.4) is 0 Å². The zero-order valence-electron chi connectivity index (χ0n) is 11.1. The third-order valence-corrected chi connectivity index (χ3v) is 3.71. The van der Waals surface area contributed by atoms with E-state index in [1.807, 2.05) is 11.4 Å². The maximum absolute atomic E-state index is 11.6. The van der Waals surface area contributed by atoms with Gasteiger partial charge in [0.05, 0.1) is 17.9 Å². The number of pyridine rings is 1. The van der Waals surface area contributed by atoms with Gasteiger partial charge in [-0.25, -0.2) is 0 Å². The Morgan fingerprint density at radius 3 is 3.05 bits per heavy atom. The van der Waals surface area contributed by atoms with E-state index >= 15 is 0 Å². The van der Waals surface area contributed by atoms with Crippen molar-refractivity contribution in [1.82, 2.24) is 4.57 Å². The lowest BCUT2D eigenvalue weighted by Gasteiger charge is -2.09. The lowest BCUT2D eigenvalue weighted by molar-refractivity contribution is 0.186. The Kier molecular flexibility index (Phi) is 4.93. The quantitative estimate of drug-likeness (QED) is 0.883. The van der Waals surface area contributed by atoms with Crippen LogP contribution in [-0.2, 0) is 17.8 Å².